The van der Waals surface area contributed by atoms with Crippen molar-refractivity contribution in [1.29, 1.82) is 0 Å². The second-order valence-corrected chi connectivity index (χ2v) is 3.61. The van der Waals surface area contributed by atoms with Crippen LogP contribution < -0.4 is 4.90 Å². The van der Waals surface area contributed by atoms with E-state index in [4.69, 9.17) is 5.11 Å². The Labute approximate surface area is 87.7 Å². The van der Waals surface area contributed by atoms with Gasteiger partial charge in [-0.15, -0.1) is 11.8 Å². The molecule has 0 radical (unpaired) electrons. The summed E-state index contributed by atoms with van der Waals surface area (Å²) in [5.41, 5.74) is 0.729. The summed E-state index contributed by atoms with van der Waals surface area (Å²) in [4.78, 5) is 13.2. The van der Waals surface area contributed by atoms with E-state index in [1.165, 1.54) is 4.90 Å². The Morgan fingerprint density at radius 2 is 2.29 bits per heavy atom. The SMILES string of the molecule is CCN(C(=O)O)c1cccc(SC)c1. The second kappa shape index (κ2) is 4.91. The Morgan fingerprint density at radius 1 is 1.57 bits per heavy atom. The van der Waals surface area contributed by atoms with Crippen LogP contribution in [0.4, 0.5) is 10.5 Å². The smallest absolute Gasteiger partial charge is 0.411 e. The van der Waals surface area contributed by atoms with Crippen LogP contribution in [0.2, 0.25) is 0 Å². The van der Waals surface area contributed by atoms with Crippen molar-refractivity contribution < 1.29 is 9.90 Å². The summed E-state index contributed by atoms with van der Waals surface area (Å²) in [5, 5.41) is 8.91. The van der Waals surface area contributed by atoms with Gasteiger partial charge < -0.3 is 5.11 Å². The highest BCUT2D eigenvalue weighted by Gasteiger charge is 2.11. The third-order valence-corrected chi connectivity index (χ3v) is 2.64. The van der Waals surface area contributed by atoms with E-state index in [-0.39, 0.29) is 0 Å². The third-order valence-electron chi connectivity index (χ3n) is 1.91. The van der Waals surface area contributed by atoms with E-state index in [1.54, 1.807) is 17.8 Å². The van der Waals surface area contributed by atoms with Gasteiger partial charge in [-0.3, -0.25) is 4.90 Å². The van der Waals surface area contributed by atoms with Gasteiger partial charge in [0.05, 0.1) is 0 Å². The number of benzene rings is 1. The minimum atomic E-state index is -0.911. The molecular formula is C10H13NO2S. The molecule has 0 aromatic heterocycles. The number of hydrogen-bond donors (Lipinski definition) is 1. The van der Waals surface area contributed by atoms with E-state index in [0.29, 0.717) is 6.54 Å². The molecule has 1 N–H and O–H groups in total. The number of amides is 1. The topological polar surface area (TPSA) is 40.5 Å². The van der Waals surface area contributed by atoms with Crippen LogP contribution in [-0.2, 0) is 0 Å². The molecule has 0 atom stereocenters. The molecule has 1 aromatic rings. The van der Waals surface area contributed by atoms with Crippen molar-refractivity contribution >= 4 is 23.5 Å². The molecule has 4 heteroatoms. The third kappa shape index (κ3) is 2.42. The van der Waals surface area contributed by atoms with Gasteiger partial charge in [-0.2, -0.15) is 0 Å². The van der Waals surface area contributed by atoms with Gasteiger partial charge in [0, 0.05) is 17.1 Å². The first kappa shape index (κ1) is 10.9. The summed E-state index contributed by atoms with van der Waals surface area (Å²) >= 11 is 1.60. The van der Waals surface area contributed by atoms with Crippen molar-refractivity contribution in [2.45, 2.75) is 11.8 Å². The van der Waals surface area contributed by atoms with Gasteiger partial charge in [-0.25, -0.2) is 4.79 Å². The van der Waals surface area contributed by atoms with Crippen LogP contribution in [0.15, 0.2) is 29.2 Å². The van der Waals surface area contributed by atoms with Gasteiger partial charge in [-0.05, 0) is 31.4 Å². The van der Waals surface area contributed by atoms with Crippen LogP contribution in [0.1, 0.15) is 6.92 Å². The molecule has 0 heterocycles. The van der Waals surface area contributed by atoms with Gasteiger partial charge in [0.2, 0.25) is 0 Å². The zero-order chi connectivity index (χ0) is 10.6. The molecule has 0 saturated heterocycles. The monoisotopic (exact) mass is 211 g/mol. The highest BCUT2D eigenvalue weighted by molar-refractivity contribution is 7.98. The van der Waals surface area contributed by atoms with Crippen LogP contribution in [0.25, 0.3) is 0 Å². The van der Waals surface area contributed by atoms with Crippen LogP contribution in [0.3, 0.4) is 0 Å². The Balaban J connectivity index is 2.98. The molecule has 0 spiro atoms. The first-order chi connectivity index (χ1) is 6.69. The molecule has 76 valence electrons. The van der Waals surface area contributed by atoms with Crippen LogP contribution >= 0.6 is 11.8 Å². The summed E-state index contributed by atoms with van der Waals surface area (Å²) in [6, 6.07) is 7.51. The standard InChI is InChI=1S/C10H13NO2S/c1-3-11(10(12)13)8-5-4-6-9(7-8)14-2/h4-7H,3H2,1-2H3,(H,12,13). The van der Waals surface area contributed by atoms with E-state index in [0.717, 1.165) is 10.6 Å². The minimum absolute atomic E-state index is 0.465. The van der Waals surface area contributed by atoms with Crippen LogP contribution in [0, 0.1) is 0 Å². The van der Waals surface area contributed by atoms with E-state index in [9.17, 15) is 4.79 Å². The summed E-state index contributed by atoms with van der Waals surface area (Å²) in [7, 11) is 0. The molecular weight excluding hydrogens is 198 g/mol. The van der Waals surface area contributed by atoms with Crippen molar-refractivity contribution in [3.63, 3.8) is 0 Å². The number of carbonyl (C=O) groups is 1. The molecule has 1 aromatic carbocycles. The van der Waals surface area contributed by atoms with Crippen LogP contribution in [-0.4, -0.2) is 24.0 Å². The van der Waals surface area contributed by atoms with Crippen molar-refractivity contribution in [1.82, 2.24) is 0 Å². The number of hydrogen-bond acceptors (Lipinski definition) is 2. The van der Waals surface area contributed by atoms with E-state index >= 15 is 0 Å². The molecule has 14 heavy (non-hydrogen) atoms. The first-order valence-electron chi connectivity index (χ1n) is 4.33. The Hall–Kier alpha value is -1.16. The lowest BCUT2D eigenvalue weighted by atomic mass is 10.3. The minimum Gasteiger partial charge on any atom is -0.465 e. The van der Waals surface area contributed by atoms with Gasteiger partial charge in [0.1, 0.15) is 0 Å². The zero-order valence-corrected chi connectivity index (χ0v) is 9.04. The van der Waals surface area contributed by atoms with Crippen molar-refractivity contribution in [2.75, 3.05) is 17.7 Å². The lowest BCUT2D eigenvalue weighted by molar-refractivity contribution is 0.202. The fourth-order valence-electron chi connectivity index (χ4n) is 1.21. The molecule has 0 aliphatic heterocycles. The largest absolute Gasteiger partial charge is 0.465 e. The number of anilines is 1. The quantitative estimate of drug-likeness (QED) is 0.781. The summed E-state index contributed by atoms with van der Waals surface area (Å²) in [5.74, 6) is 0. The molecule has 0 aliphatic carbocycles. The van der Waals surface area contributed by atoms with Crippen molar-refractivity contribution in [2.24, 2.45) is 0 Å². The average molecular weight is 211 g/mol. The summed E-state index contributed by atoms with van der Waals surface area (Å²) in [6.45, 7) is 2.28. The lowest BCUT2D eigenvalue weighted by Gasteiger charge is -2.17. The predicted octanol–water partition coefficient (Wildman–Crippen LogP) is 2.91. The molecule has 0 fully saturated rings. The number of rotatable bonds is 3. The van der Waals surface area contributed by atoms with Gasteiger partial charge >= 0.3 is 6.09 Å². The Kier molecular flexibility index (Phi) is 3.83. The van der Waals surface area contributed by atoms with Gasteiger partial charge in [-0.1, -0.05) is 6.07 Å². The zero-order valence-electron chi connectivity index (χ0n) is 8.23. The first-order valence-corrected chi connectivity index (χ1v) is 5.56. The molecule has 1 rings (SSSR count). The maximum absolute atomic E-state index is 10.8. The van der Waals surface area contributed by atoms with Gasteiger partial charge in [0.25, 0.3) is 0 Å². The highest BCUT2D eigenvalue weighted by Crippen LogP contribution is 2.21. The normalized spacial score (nSPS) is 9.86. The molecule has 3 nitrogen and oxygen atoms in total. The Bertz CT molecular complexity index is 328. The fraction of sp³-hybridized carbons (Fsp3) is 0.300. The molecule has 0 aliphatic rings. The highest BCUT2D eigenvalue weighted by atomic mass is 32.2. The maximum atomic E-state index is 10.8. The lowest BCUT2D eigenvalue weighted by Crippen LogP contribution is -2.28. The summed E-state index contributed by atoms with van der Waals surface area (Å²) < 4.78 is 0. The van der Waals surface area contributed by atoms with Crippen LogP contribution in [0.5, 0.6) is 0 Å². The van der Waals surface area contributed by atoms with E-state index in [1.807, 2.05) is 31.4 Å². The predicted molar refractivity (Wildman–Crippen MR) is 59.3 cm³/mol. The number of carboxylic acid groups (broad SMARTS) is 1. The van der Waals surface area contributed by atoms with Gasteiger partial charge in [0.15, 0.2) is 0 Å². The van der Waals surface area contributed by atoms with E-state index < -0.39 is 6.09 Å². The van der Waals surface area contributed by atoms with Crippen molar-refractivity contribution in [3.8, 4) is 0 Å². The molecule has 0 unspecified atom stereocenters. The maximum Gasteiger partial charge on any atom is 0.411 e. The number of nitrogens with zero attached hydrogens (tertiary/aromatic N) is 1. The molecule has 1 amide bonds. The second-order valence-electron chi connectivity index (χ2n) is 2.73. The average Bonchev–Trinajstić information content (AvgIpc) is 2.19. The molecule has 0 saturated carbocycles. The van der Waals surface area contributed by atoms with Crippen molar-refractivity contribution in [3.05, 3.63) is 24.3 Å². The van der Waals surface area contributed by atoms with E-state index in [2.05, 4.69) is 0 Å². The molecule has 0 bridgehead atoms. The number of thioether (sulfide) groups is 1. The fourth-order valence-corrected chi connectivity index (χ4v) is 1.66. The Morgan fingerprint density at radius 3 is 2.79 bits per heavy atom. The summed E-state index contributed by atoms with van der Waals surface area (Å²) in [6.07, 6.45) is 1.06.